The van der Waals surface area contributed by atoms with E-state index in [1.807, 2.05) is 6.07 Å². The molecule has 0 amide bonds. The van der Waals surface area contributed by atoms with Crippen molar-refractivity contribution in [3.63, 3.8) is 0 Å². The molecule has 4 heteroatoms. The smallest absolute Gasteiger partial charge is 0.303 e. The minimum atomic E-state index is -0.774. The van der Waals surface area contributed by atoms with Crippen LogP contribution in [0.5, 0.6) is 0 Å². The lowest BCUT2D eigenvalue weighted by molar-refractivity contribution is -0.136. The van der Waals surface area contributed by atoms with Gasteiger partial charge in [-0.2, -0.15) is 0 Å². The van der Waals surface area contributed by atoms with Crippen LogP contribution in [0.25, 0.3) is 0 Å². The van der Waals surface area contributed by atoms with Crippen LogP contribution in [0, 0.1) is 23.7 Å². The highest BCUT2D eigenvalue weighted by Gasteiger charge is 2.49. The molecular weight excluding hydrogens is 254 g/mol. The Bertz CT molecular complexity index is 494. The molecule has 0 unspecified atom stereocenters. The van der Waals surface area contributed by atoms with E-state index in [0.29, 0.717) is 12.3 Å². The van der Waals surface area contributed by atoms with Crippen molar-refractivity contribution in [2.75, 3.05) is 0 Å². The summed E-state index contributed by atoms with van der Waals surface area (Å²) in [6.45, 7) is 0. The Balaban J connectivity index is 1.51. The number of hydrogen-bond donors (Lipinski definition) is 1. The molecule has 4 aliphatic carbocycles. The predicted molar refractivity (Wildman–Crippen MR) is 72.2 cm³/mol. The Morgan fingerprint density at radius 1 is 1.20 bits per heavy atom. The van der Waals surface area contributed by atoms with Gasteiger partial charge in [-0.3, -0.25) is 4.79 Å². The van der Waals surface area contributed by atoms with E-state index in [1.165, 1.54) is 32.1 Å². The summed E-state index contributed by atoms with van der Waals surface area (Å²) in [6.07, 6.45) is 7.52. The van der Waals surface area contributed by atoms with Crippen LogP contribution in [0.15, 0.2) is 10.6 Å². The molecule has 5 rings (SSSR count). The first-order chi connectivity index (χ1) is 9.69. The van der Waals surface area contributed by atoms with Crippen LogP contribution >= 0.6 is 0 Å². The van der Waals surface area contributed by atoms with Gasteiger partial charge in [-0.05, 0) is 55.8 Å². The Labute approximate surface area is 118 Å². The molecule has 0 atom stereocenters. The van der Waals surface area contributed by atoms with Crippen molar-refractivity contribution in [1.82, 2.24) is 5.16 Å². The molecule has 0 saturated heterocycles. The molecule has 4 saturated carbocycles. The van der Waals surface area contributed by atoms with E-state index >= 15 is 0 Å². The number of aromatic nitrogens is 1. The average molecular weight is 275 g/mol. The van der Waals surface area contributed by atoms with Crippen molar-refractivity contribution in [3.05, 3.63) is 17.5 Å². The lowest BCUT2D eigenvalue weighted by Gasteiger charge is -2.53. The van der Waals surface area contributed by atoms with Crippen LogP contribution in [0.2, 0.25) is 0 Å². The molecular formula is C16H21NO3. The number of rotatable bonds is 4. The second-order valence-corrected chi connectivity index (χ2v) is 7.07. The van der Waals surface area contributed by atoms with Crippen molar-refractivity contribution in [2.24, 2.45) is 23.7 Å². The zero-order valence-corrected chi connectivity index (χ0v) is 11.6. The third-order valence-electron chi connectivity index (χ3n) is 5.73. The van der Waals surface area contributed by atoms with Crippen molar-refractivity contribution in [3.8, 4) is 0 Å². The molecule has 1 heterocycles. The normalized spacial score (nSPS) is 38.3. The Morgan fingerprint density at radius 3 is 2.45 bits per heavy atom. The number of aliphatic carboxylic acids is 1. The van der Waals surface area contributed by atoms with Crippen LogP contribution in [-0.2, 0) is 11.2 Å². The number of carboxylic acids is 1. The molecule has 1 N–H and O–H groups in total. The molecule has 20 heavy (non-hydrogen) atoms. The van der Waals surface area contributed by atoms with Crippen LogP contribution in [0.3, 0.4) is 0 Å². The summed E-state index contributed by atoms with van der Waals surface area (Å²) in [4.78, 5) is 10.6. The van der Waals surface area contributed by atoms with Crippen LogP contribution in [0.1, 0.15) is 55.9 Å². The van der Waals surface area contributed by atoms with Gasteiger partial charge in [0.2, 0.25) is 0 Å². The molecule has 4 aliphatic rings. The van der Waals surface area contributed by atoms with Gasteiger partial charge in [0.1, 0.15) is 5.76 Å². The molecule has 4 fully saturated rings. The van der Waals surface area contributed by atoms with Gasteiger partial charge < -0.3 is 9.63 Å². The Morgan fingerprint density at radius 2 is 1.85 bits per heavy atom. The molecule has 108 valence electrons. The third-order valence-corrected chi connectivity index (χ3v) is 5.73. The fraction of sp³-hybridized carbons (Fsp3) is 0.750. The largest absolute Gasteiger partial charge is 0.481 e. The van der Waals surface area contributed by atoms with E-state index in [-0.39, 0.29) is 6.42 Å². The third kappa shape index (κ3) is 2.05. The maximum atomic E-state index is 10.6. The van der Waals surface area contributed by atoms with E-state index < -0.39 is 5.97 Å². The van der Waals surface area contributed by atoms with E-state index in [0.717, 1.165) is 35.1 Å². The minimum absolute atomic E-state index is 0.133. The number of aryl methyl sites for hydroxylation is 1. The standard InChI is InChI=1S/C16H21NO3/c18-15(19)2-1-13-8-14(20-17-13)16-11-4-9-3-10(6-11)7-12(16)5-9/h8-12,16H,1-7H2,(H,18,19). The van der Waals surface area contributed by atoms with Crippen LogP contribution in [-0.4, -0.2) is 16.2 Å². The highest BCUT2D eigenvalue weighted by molar-refractivity contribution is 5.66. The Hall–Kier alpha value is -1.32. The van der Waals surface area contributed by atoms with Gasteiger partial charge >= 0.3 is 5.97 Å². The Kier molecular flexibility index (Phi) is 2.86. The fourth-order valence-electron chi connectivity index (χ4n) is 5.23. The molecule has 1 aromatic rings. The van der Waals surface area contributed by atoms with E-state index in [2.05, 4.69) is 5.16 Å². The van der Waals surface area contributed by atoms with Crippen molar-refractivity contribution in [2.45, 2.75) is 50.9 Å². The molecule has 4 nitrogen and oxygen atoms in total. The monoisotopic (exact) mass is 275 g/mol. The molecule has 4 bridgehead atoms. The van der Waals surface area contributed by atoms with Gasteiger partial charge in [-0.1, -0.05) is 5.16 Å². The van der Waals surface area contributed by atoms with E-state index in [4.69, 9.17) is 9.63 Å². The molecule has 1 aromatic heterocycles. The average Bonchev–Trinajstić information content (AvgIpc) is 2.83. The number of hydrogen-bond acceptors (Lipinski definition) is 3. The number of carboxylic acid groups (broad SMARTS) is 1. The molecule has 0 aliphatic heterocycles. The van der Waals surface area contributed by atoms with Crippen molar-refractivity contribution < 1.29 is 14.4 Å². The van der Waals surface area contributed by atoms with E-state index in [1.54, 1.807) is 0 Å². The summed E-state index contributed by atoms with van der Waals surface area (Å²) in [5, 5.41) is 12.8. The van der Waals surface area contributed by atoms with Gasteiger partial charge in [-0.25, -0.2) is 0 Å². The molecule has 0 radical (unpaired) electrons. The van der Waals surface area contributed by atoms with Gasteiger partial charge in [0.05, 0.1) is 12.1 Å². The van der Waals surface area contributed by atoms with Crippen LogP contribution in [0.4, 0.5) is 0 Å². The van der Waals surface area contributed by atoms with Gasteiger partial charge in [0.15, 0.2) is 0 Å². The summed E-state index contributed by atoms with van der Waals surface area (Å²) in [5.41, 5.74) is 0.802. The molecule has 0 aromatic carbocycles. The topological polar surface area (TPSA) is 63.3 Å². The second-order valence-electron chi connectivity index (χ2n) is 7.07. The summed E-state index contributed by atoms with van der Waals surface area (Å²) < 4.78 is 5.58. The van der Waals surface area contributed by atoms with Gasteiger partial charge in [-0.15, -0.1) is 0 Å². The fourth-order valence-corrected chi connectivity index (χ4v) is 5.23. The zero-order valence-electron chi connectivity index (χ0n) is 11.6. The maximum absolute atomic E-state index is 10.6. The first-order valence-corrected chi connectivity index (χ1v) is 7.86. The SMILES string of the molecule is O=C(O)CCc1cc(C2C3CC4CC(C3)CC2C4)on1. The predicted octanol–water partition coefficient (Wildman–Crippen LogP) is 3.23. The van der Waals surface area contributed by atoms with Gasteiger partial charge in [0.25, 0.3) is 0 Å². The molecule has 0 spiro atoms. The van der Waals surface area contributed by atoms with Gasteiger partial charge in [0, 0.05) is 18.4 Å². The highest BCUT2D eigenvalue weighted by Crippen LogP contribution is 2.59. The summed E-state index contributed by atoms with van der Waals surface area (Å²) in [6, 6.07) is 2.02. The number of nitrogens with zero attached hydrogens (tertiary/aromatic N) is 1. The summed E-state index contributed by atoms with van der Waals surface area (Å²) in [5.74, 6) is 4.29. The van der Waals surface area contributed by atoms with Crippen molar-refractivity contribution in [1.29, 1.82) is 0 Å². The first-order valence-electron chi connectivity index (χ1n) is 7.86. The lowest BCUT2D eigenvalue weighted by atomic mass is 9.51. The highest BCUT2D eigenvalue weighted by atomic mass is 16.5. The minimum Gasteiger partial charge on any atom is -0.481 e. The number of carbonyl (C=O) groups is 1. The van der Waals surface area contributed by atoms with Crippen LogP contribution < -0.4 is 0 Å². The zero-order chi connectivity index (χ0) is 13.7. The maximum Gasteiger partial charge on any atom is 0.303 e. The summed E-state index contributed by atoms with van der Waals surface area (Å²) in [7, 11) is 0. The quantitative estimate of drug-likeness (QED) is 0.916. The summed E-state index contributed by atoms with van der Waals surface area (Å²) >= 11 is 0. The first kappa shape index (κ1) is 12.4. The lowest BCUT2D eigenvalue weighted by Crippen LogP contribution is -2.43. The van der Waals surface area contributed by atoms with E-state index in [9.17, 15) is 4.79 Å². The second kappa shape index (κ2) is 4.61. The van der Waals surface area contributed by atoms with Crippen molar-refractivity contribution >= 4 is 5.97 Å².